The van der Waals surface area contributed by atoms with E-state index in [0.29, 0.717) is 5.92 Å². The summed E-state index contributed by atoms with van der Waals surface area (Å²) >= 11 is 0. The van der Waals surface area contributed by atoms with Gasteiger partial charge in [-0.1, -0.05) is 12.1 Å². The first kappa shape index (κ1) is 13.5. The summed E-state index contributed by atoms with van der Waals surface area (Å²) in [6.07, 6.45) is 2.15. The zero-order chi connectivity index (χ0) is 14.5. The Kier molecular flexibility index (Phi) is 2.89. The van der Waals surface area contributed by atoms with Crippen LogP contribution in [0.1, 0.15) is 24.3 Å². The Labute approximate surface area is 116 Å². The zero-order valence-electron chi connectivity index (χ0n) is 10.7. The highest BCUT2D eigenvalue weighted by molar-refractivity contribution is 7.89. The molecule has 0 amide bonds. The number of carbonyl (C=O) groups is 1. The monoisotopic (exact) mass is 297 g/mol. The van der Waals surface area contributed by atoms with Gasteiger partial charge in [-0.3, -0.25) is 0 Å². The van der Waals surface area contributed by atoms with Crippen molar-refractivity contribution in [2.24, 2.45) is 0 Å². The molecule has 0 bridgehead atoms. The van der Waals surface area contributed by atoms with E-state index >= 15 is 0 Å². The first-order valence-corrected chi connectivity index (χ1v) is 7.83. The fraction of sp³-hybridized carbons (Fsp3) is 0.462. The molecule has 1 saturated heterocycles. The van der Waals surface area contributed by atoms with Crippen LogP contribution in [0.2, 0.25) is 0 Å². The second-order valence-corrected chi connectivity index (χ2v) is 7.39. The lowest BCUT2D eigenvalue weighted by Gasteiger charge is -2.41. The highest BCUT2D eigenvalue weighted by Crippen LogP contribution is 2.41. The number of carboxylic acid groups (broad SMARTS) is 1. The van der Waals surface area contributed by atoms with Crippen LogP contribution < -0.4 is 0 Å². The molecule has 0 unspecified atom stereocenters. The van der Waals surface area contributed by atoms with E-state index in [0.717, 1.165) is 22.7 Å². The van der Waals surface area contributed by atoms with Gasteiger partial charge in [0.15, 0.2) is 5.60 Å². The van der Waals surface area contributed by atoms with Crippen molar-refractivity contribution in [3.8, 4) is 0 Å². The Morgan fingerprint density at radius 2 is 1.95 bits per heavy atom. The van der Waals surface area contributed by atoms with Gasteiger partial charge in [-0.15, -0.1) is 0 Å². The lowest BCUT2D eigenvalue weighted by molar-refractivity contribution is -0.170. The number of sulfonamides is 1. The summed E-state index contributed by atoms with van der Waals surface area (Å²) in [6, 6.07) is 6.74. The van der Waals surface area contributed by atoms with Gasteiger partial charge in [0.2, 0.25) is 10.0 Å². The number of hydrogen-bond acceptors (Lipinski definition) is 4. The van der Waals surface area contributed by atoms with Crippen molar-refractivity contribution in [2.75, 3.05) is 13.1 Å². The lowest BCUT2D eigenvalue weighted by Crippen LogP contribution is -2.67. The maximum atomic E-state index is 12.3. The number of rotatable bonds is 4. The van der Waals surface area contributed by atoms with E-state index in [9.17, 15) is 18.3 Å². The predicted octanol–water partition coefficient (Wildman–Crippen LogP) is 0.384. The van der Waals surface area contributed by atoms with Gasteiger partial charge in [-0.05, 0) is 36.5 Å². The van der Waals surface area contributed by atoms with Gasteiger partial charge in [-0.2, -0.15) is 4.31 Å². The molecule has 7 heteroatoms. The van der Waals surface area contributed by atoms with E-state index in [2.05, 4.69) is 0 Å². The van der Waals surface area contributed by atoms with Gasteiger partial charge < -0.3 is 10.2 Å². The number of nitrogens with zero attached hydrogens (tertiary/aromatic N) is 1. The molecule has 1 saturated carbocycles. The summed E-state index contributed by atoms with van der Waals surface area (Å²) < 4.78 is 25.7. The first-order chi connectivity index (χ1) is 9.33. The number of aliphatic carboxylic acids is 1. The molecule has 0 aromatic heterocycles. The van der Waals surface area contributed by atoms with Crippen molar-refractivity contribution in [1.29, 1.82) is 0 Å². The van der Waals surface area contributed by atoms with Crippen LogP contribution in [0.4, 0.5) is 0 Å². The molecular formula is C13H15NO5S. The van der Waals surface area contributed by atoms with Crippen LogP contribution >= 0.6 is 0 Å². The second-order valence-electron chi connectivity index (χ2n) is 5.46. The van der Waals surface area contributed by atoms with E-state index in [1.165, 1.54) is 6.07 Å². The number of hydrogen-bond donors (Lipinski definition) is 2. The molecule has 1 aliphatic carbocycles. The molecule has 1 heterocycles. The van der Waals surface area contributed by atoms with Crippen molar-refractivity contribution in [2.45, 2.75) is 29.3 Å². The molecule has 0 spiro atoms. The van der Waals surface area contributed by atoms with Crippen molar-refractivity contribution in [1.82, 2.24) is 4.31 Å². The third-order valence-electron chi connectivity index (χ3n) is 3.82. The summed E-state index contributed by atoms with van der Waals surface area (Å²) in [6.45, 7) is -0.809. The zero-order valence-corrected chi connectivity index (χ0v) is 11.5. The Morgan fingerprint density at radius 3 is 2.50 bits per heavy atom. The van der Waals surface area contributed by atoms with Crippen LogP contribution in [0.5, 0.6) is 0 Å². The smallest absolute Gasteiger partial charge is 0.338 e. The number of β-amino-alcohol motifs (C(OH)–C–C–N with tert-alkyl or cyclic N) is 1. The maximum Gasteiger partial charge on any atom is 0.338 e. The van der Waals surface area contributed by atoms with E-state index in [4.69, 9.17) is 5.11 Å². The molecule has 1 aliphatic heterocycles. The second kappa shape index (κ2) is 4.28. The van der Waals surface area contributed by atoms with E-state index in [-0.39, 0.29) is 4.90 Å². The Hall–Kier alpha value is -1.44. The highest BCUT2D eigenvalue weighted by Gasteiger charge is 2.52. The van der Waals surface area contributed by atoms with Crippen LogP contribution in [0.15, 0.2) is 29.2 Å². The molecule has 1 aromatic rings. The van der Waals surface area contributed by atoms with Crippen molar-refractivity contribution in [3.05, 3.63) is 29.8 Å². The minimum absolute atomic E-state index is 0.161. The highest BCUT2D eigenvalue weighted by atomic mass is 32.2. The summed E-state index contributed by atoms with van der Waals surface area (Å²) in [7, 11) is -3.73. The standard InChI is InChI=1S/C13H15NO5S/c15-12(16)13(17)7-14(8-13)20(18,19)11-3-1-2-10(6-11)9-4-5-9/h1-3,6,9,17H,4-5,7-8H2,(H,15,16). The lowest BCUT2D eigenvalue weighted by atomic mass is 9.98. The fourth-order valence-corrected chi connectivity index (χ4v) is 3.94. The van der Waals surface area contributed by atoms with Crippen molar-refractivity contribution in [3.63, 3.8) is 0 Å². The molecule has 2 N–H and O–H groups in total. The van der Waals surface area contributed by atoms with Gasteiger partial charge in [0.25, 0.3) is 0 Å². The van der Waals surface area contributed by atoms with Crippen molar-refractivity contribution < 1.29 is 23.4 Å². The molecule has 6 nitrogen and oxygen atoms in total. The average Bonchev–Trinajstić information content (AvgIpc) is 3.19. The third-order valence-corrected chi connectivity index (χ3v) is 5.61. The molecule has 3 rings (SSSR count). The summed E-state index contributed by atoms with van der Waals surface area (Å²) in [5.41, 5.74) is -0.957. The third kappa shape index (κ3) is 2.11. The summed E-state index contributed by atoms with van der Waals surface area (Å²) in [4.78, 5) is 11.0. The Bertz CT molecular complexity index is 659. The van der Waals surface area contributed by atoms with Crippen LogP contribution in [0.25, 0.3) is 0 Å². The van der Waals surface area contributed by atoms with E-state index < -0.39 is 34.7 Å². The summed E-state index contributed by atoms with van der Waals surface area (Å²) in [5, 5.41) is 18.4. The van der Waals surface area contributed by atoms with Gasteiger partial charge in [0.1, 0.15) is 0 Å². The molecule has 20 heavy (non-hydrogen) atoms. The minimum atomic E-state index is -3.73. The Morgan fingerprint density at radius 1 is 1.30 bits per heavy atom. The topological polar surface area (TPSA) is 94.9 Å². The minimum Gasteiger partial charge on any atom is -0.479 e. The molecule has 1 aromatic carbocycles. The quantitative estimate of drug-likeness (QED) is 0.838. The number of aliphatic hydroxyl groups is 1. The normalized spacial score (nSPS) is 22.2. The van der Waals surface area contributed by atoms with Gasteiger partial charge in [0.05, 0.1) is 18.0 Å². The summed E-state index contributed by atoms with van der Waals surface area (Å²) in [5.74, 6) is -0.951. The van der Waals surface area contributed by atoms with Gasteiger partial charge >= 0.3 is 5.97 Å². The largest absolute Gasteiger partial charge is 0.479 e. The SMILES string of the molecule is O=C(O)C1(O)CN(S(=O)(=O)c2cccc(C3CC3)c2)C1. The first-order valence-electron chi connectivity index (χ1n) is 6.39. The van der Waals surface area contributed by atoms with Crippen LogP contribution in [-0.2, 0) is 14.8 Å². The predicted molar refractivity (Wildman–Crippen MR) is 69.8 cm³/mol. The van der Waals surface area contributed by atoms with Crippen LogP contribution in [0.3, 0.4) is 0 Å². The fourth-order valence-electron chi connectivity index (χ4n) is 2.34. The van der Waals surface area contributed by atoms with Gasteiger partial charge in [0, 0.05) is 0 Å². The molecule has 0 radical (unpaired) electrons. The average molecular weight is 297 g/mol. The van der Waals surface area contributed by atoms with Gasteiger partial charge in [-0.25, -0.2) is 13.2 Å². The number of carboxylic acids is 1. The number of benzene rings is 1. The van der Waals surface area contributed by atoms with Crippen LogP contribution in [0, 0.1) is 0 Å². The molecule has 2 aliphatic rings. The van der Waals surface area contributed by atoms with E-state index in [1.807, 2.05) is 6.07 Å². The molecular weight excluding hydrogens is 282 g/mol. The Balaban J connectivity index is 1.83. The molecule has 0 atom stereocenters. The molecule has 2 fully saturated rings. The van der Waals surface area contributed by atoms with Crippen molar-refractivity contribution >= 4 is 16.0 Å². The molecule has 108 valence electrons. The van der Waals surface area contributed by atoms with E-state index in [1.54, 1.807) is 12.1 Å². The van der Waals surface area contributed by atoms with Crippen LogP contribution in [-0.4, -0.2) is 47.6 Å². The maximum absolute atomic E-state index is 12.3.